The molecule has 1 aliphatic rings. The van der Waals surface area contributed by atoms with Gasteiger partial charge in [-0.3, -0.25) is 9.69 Å². The number of ether oxygens (including phenoxy) is 1. The lowest BCUT2D eigenvalue weighted by Gasteiger charge is -2.18. The standard InChI is InChI=1S/C19H22N2O2S/c1-2-13-21(19-20-16-10-6-7-11-17(16)24-19)18(22)12-14-23-15-8-4-3-5-9-15/h2-5,8-9H,1,6-7,10-14H2. The van der Waals surface area contributed by atoms with Gasteiger partial charge >= 0.3 is 0 Å². The van der Waals surface area contributed by atoms with Crippen LogP contribution in [0.5, 0.6) is 5.75 Å². The van der Waals surface area contributed by atoms with E-state index in [1.165, 1.54) is 23.4 Å². The molecule has 1 aromatic heterocycles. The zero-order chi connectivity index (χ0) is 16.8. The molecule has 1 heterocycles. The average molecular weight is 342 g/mol. The van der Waals surface area contributed by atoms with Crippen LogP contribution in [0.4, 0.5) is 5.13 Å². The molecular weight excluding hydrogens is 320 g/mol. The van der Waals surface area contributed by atoms with Crippen molar-refractivity contribution in [2.24, 2.45) is 0 Å². The summed E-state index contributed by atoms with van der Waals surface area (Å²) in [5.74, 6) is 0.808. The number of aryl methyl sites for hydroxylation is 2. The quantitative estimate of drug-likeness (QED) is 0.714. The maximum Gasteiger partial charge on any atom is 0.232 e. The highest BCUT2D eigenvalue weighted by atomic mass is 32.1. The van der Waals surface area contributed by atoms with E-state index in [9.17, 15) is 4.79 Å². The van der Waals surface area contributed by atoms with Crippen molar-refractivity contribution in [3.63, 3.8) is 0 Å². The number of fused-ring (bicyclic) bond motifs is 1. The lowest BCUT2D eigenvalue weighted by Crippen LogP contribution is -2.32. The third-order valence-corrected chi connectivity index (χ3v) is 5.19. The Bertz CT molecular complexity index is 673. The number of amides is 1. The molecule has 1 amide bonds. The van der Waals surface area contributed by atoms with E-state index in [1.807, 2.05) is 30.3 Å². The smallest absolute Gasteiger partial charge is 0.232 e. The Kier molecular flexibility index (Phi) is 5.64. The first-order chi connectivity index (χ1) is 11.8. The highest BCUT2D eigenvalue weighted by Crippen LogP contribution is 2.32. The van der Waals surface area contributed by atoms with Gasteiger partial charge in [-0.05, 0) is 37.8 Å². The second-order valence-corrected chi connectivity index (χ2v) is 6.84. The molecule has 0 fully saturated rings. The normalized spacial score (nSPS) is 13.2. The summed E-state index contributed by atoms with van der Waals surface area (Å²) in [7, 11) is 0. The fourth-order valence-electron chi connectivity index (χ4n) is 2.78. The Morgan fingerprint density at radius 1 is 1.29 bits per heavy atom. The second-order valence-electron chi connectivity index (χ2n) is 5.78. The third kappa shape index (κ3) is 4.03. The van der Waals surface area contributed by atoms with Gasteiger partial charge in [0.15, 0.2) is 5.13 Å². The molecule has 1 aromatic carbocycles. The zero-order valence-corrected chi connectivity index (χ0v) is 14.6. The van der Waals surface area contributed by atoms with Crippen LogP contribution in [0.1, 0.15) is 29.8 Å². The zero-order valence-electron chi connectivity index (χ0n) is 13.7. The number of benzene rings is 1. The van der Waals surface area contributed by atoms with Crippen LogP contribution in [-0.2, 0) is 17.6 Å². The molecule has 1 aliphatic carbocycles. The molecule has 24 heavy (non-hydrogen) atoms. The van der Waals surface area contributed by atoms with Gasteiger partial charge < -0.3 is 4.74 Å². The SMILES string of the molecule is C=CCN(C(=O)CCOc1ccccc1)c1nc2c(s1)CCCC2. The van der Waals surface area contributed by atoms with Gasteiger partial charge in [-0.25, -0.2) is 4.98 Å². The molecule has 0 aliphatic heterocycles. The van der Waals surface area contributed by atoms with Crippen molar-refractivity contribution in [1.82, 2.24) is 4.98 Å². The van der Waals surface area contributed by atoms with Gasteiger partial charge in [-0.15, -0.1) is 17.9 Å². The van der Waals surface area contributed by atoms with Crippen molar-refractivity contribution >= 4 is 22.4 Å². The number of thiazole rings is 1. The third-order valence-electron chi connectivity index (χ3n) is 4.01. The van der Waals surface area contributed by atoms with Crippen LogP contribution in [0.3, 0.4) is 0 Å². The van der Waals surface area contributed by atoms with Crippen LogP contribution in [-0.4, -0.2) is 24.0 Å². The Balaban J connectivity index is 1.62. The summed E-state index contributed by atoms with van der Waals surface area (Å²) in [6.45, 7) is 4.62. The van der Waals surface area contributed by atoms with E-state index in [-0.39, 0.29) is 5.91 Å². The number of carbonyl (C=O) groups excluding carboxylic acids is 1. The van der Waals surface area contributed by atoms with E-state index >= 15 is 0 Å². The topological polar surface area (TPSA) is 42.4 Å². The van der Waals surface area contributed by atoms with E-state index in [0.29, 0.717) is 19.6 Å². The monoisotopic (exact) mass is 342 g/mol. The minimum absolute atomic E-state index is 0.0249. The number of anilines is 1. The van der Waals surface area contributed by atoms with E-state index in [4.69, 9.17) is 9.72 Å². The first-order valence-corrected chi connectivity index (χ1v) is 9.17. The van der Waals surface area contributed by atoms with Gasteiger partial charge in [-0.1, -0.05) is 24.3 Å². The van der Waals surface area contributed by atoms with Gasteiger partial charge in [0.1, 0.15) is 5.75 Å². The number of aromatic nitrogens is 1. The minimum atomic E-state index is 0.0249. The molecule has 3 rings (SSSR count). The number of nitrogens with zero attached hydrogens (tertiary/aromatic N) is 2. The lowest BCUT2D eigenvalue weighted by atomic mass is 10.0. The van der Waals surface area contributed by atoms with Crippen LogP contribution in [0.25, 0.3) is 0 Å². The predicted molar refractivity (Wildman–Crippen MR) is 97.9 cm³/mol. The summed E-state index contributed by atoms with van der Waals surface area (Å²) in [6.07, 6.45) is 6.59. The van der Waals surface area contributed by atoms with Crippen molar-refractivity contribution < 1.29 is 9.53 Å². The van der Waals surface area contributed by atoms with Crippen LogP contribution in [0, 0.1) is 0 Å². The van der Waals surface area contributed by atoms with Crippen molar-refractivity contribution in [3.05, 3.63) is 53.6 Å². The summed E-state index contributed by atoms with van der Waals surface area (Å²) in [6, 6.07) is 9.55. The maximum absolute atomic E-state index is 12.6. The Morgan fingerprint density at radius 3 is 2.83 bits per heavy atom. The Labute approximate surface area is 146 Å². The number of rotatable bonds is 7. The average Bonchev–Trinajstić information content (AvgIpc) is 3.04. The molecule has 0 saturated carbocycles. The highest BCUT2D eigenvalue weighted by Gasteiger charge is 2.22. The van der Waals surface area contributed by atoms with Crippen LogP contribution in [0.15, 0.2) is 43.0 Å². The summed E-state index contributed by atoms with van der Waals surface area (Å²) < 4.78 is 5.63. The van der Waals surface area contributed by atoms with Gasteiger partial charge in [0.05, 0.1) is 18.7 Å². The minimum Gasteiger partial charge on any atom is -0.493 e. The molecule has 0 spiro atoms. The van der Waals surface area contributed by atoms with Gasteiger partial charge in [-0.2, -0.15) is 0 Å². The fraction of sp³-hybridized carbons (Fsp3) is 0.368. The molecule has 0 saturated heterocycles. The number of hydrogen-bond acceptors (Lipinski definition) is 4. The van der Waals surface area contributed by atoms with E-state index in [0.717, 1.165) is 23.7 Å². The first kappa shape index (κ1) is 16.7. The van der Waals surface area contributed by atoms with E-state index in [2.05, 4.69) is 6.58 Å². The number of hydrogen-bond donors (Lipinski definition) is 0. The summed E-state index contributed by atoms with van der Waals surface area (Å²) in [4.78, 5) is 20.4. The molecule has 0 bridgehead atoms. The lowest BCUT2D eigenvalue weighted by molar-refractivity contribution is -0.119. The molecule has 0 unspecified atom stereocenters. The molecule has 126 valence electrons. The van der Waals surface area contributed by atoms with Crippen LogP contribution < -0.4 is 9.64 Å². The molecule has 0 N–H and O–H groups in total. The Morgan fingerprint density at radius 2 is 2.08 bits per heavy atom. The van der Waals surface area contributed by atoms with Crippen LogP contribution in [0.2, 0.25) is 0 Å². The van der Waals surface area contributed by atoms with Crippen LogP contribution >= 0.6 is 11.3 Å². The van der Waals surface area contributed by atoms with E-state index in [1.54, 1.807) is 22.3 Å². The van der Waals surface area contributed by atoms with Crippen molar-refractivity contribution in [1.29, 1.82) is 0 Å². The van der Waals surface area contributed by atoms with E-state index < -0.39 is 0 Å². The number of carbonyl (C=O) groups is 1. The largest absolute Gasteiger partial charge is 0.493 e. The van der Waals surface area contributed by atoms with Crippen molar-refractivity contribution in [2.45, 2.75) is 32.1 Å². The van der Waals surface area contributed by atoms with Crippen molar-refractivity contribution in [3.8, 4) is 5.75 Å². The molecule has 5 heteroatoms. The molecule has 0 radical (unpaired) electrons. The second kappa shape index (κ2) is 8.11. The summed E-state index contributed by atoms with van der Waals surface area (Å²) >= 11 is 1.65. The van der Waals surface area contributed by atoms with Gasteiger partial charge in [0.2, 0.25) is 5.91 Å². The maximum atomic E-state index is 12.6. The van der Waals surface area contributed by atoms with Crippen molar-refractivity contribution in [2.75, 3.05) is 18.1 Å². The first-order valence-electron chi connectivity index (χ1n) is 8.35. The van der Waals surface area contributed by atoms with Gasteiger partial charge in [0.25, 0.3) is 0 Å². The predicted octanol–water partition coefficient (Wildman–Crippen LogP) is 4.01. The highest BCUT2D eigenvalue weighted by molar-refractivity contribution is 7.16. The van der Waals surface area contributed by atoms with Gasteiger partial charge in [0, 0.05) is 11.4 Å². The molecule has 0 atom stereocenters. The Hall–Kier alpha value is -2.14. The number of para-hydroxylation sites is 1. The summed E-state index contributed by atoms with van der Waals surface area (Å²) in [5, 5.41) is 0.798. The molecular formula is C19H22N2O2S. The summed E-state index contributed by atoms with van der Waals surface area (Å²) in [5.41, 5.74) is 1.17. The molecule has 2 aromatic rings. The molecule has 4 nitrogen and oxygen atoms in total. The fourth-order valence-corrected chi connectivity index (χ4v) is 3.95.